The summed E-state index contributed by atoms with van der Waals surface area (Å²) >= 11 is 0. The quantitative estimate of drug-likeness (QED) is 0.839. The lowest BCUT2D eigenvalue weighted by Crippen LogP contribution is -2.34. The van der Waals surface area contributed by atoms with E-state index in [0.717, 1.165) is 32.4 Å². The highest BCUT2D eigenvalue weighted by molar-refractivity contribution is 5.54. The molecule has 0 aliphatic carbocycles. The minimum Gasteiger partial charge on any atom is -0.355 e. The van der Waals surface area contributed by atoms with Crippen LogP contribution in [0.2, 0.25) is 0 Å². The van der Waals surface area contributed by atoms with Gasteiger partial charge in [-0.3, -0.25) is 0 Å². The van der Waals surface area contributed by atoms with Crippen molar-refractivity contribution >= 4 is 5.82 Å². The molecule has 2 rings (SSSR count). The van der Waals surface area contributed by atoms with E-state index in [1.807, 2.05) is 11.0 Å². The van der Waals surface area contributed by atoms with E-state index >= 15 is 0 Å². The number of nitrogens with zero attached hydrogens (tertiary/aromatic N) is 3. The molecule has 1 aliphatic heterocycles. The Balaban J connectivity index is 2.23. The Kier molecular flexibility index (Phi) is 4.31. The van der Waals surface area contributed by atoms with Crippen LogP contribution < -0.4 is 4.90 Å². The standard InChI is InChI=1S/C14H17F2N3/c1-2-10-5-7-19(8-6-10)14-11(9-17)3-4-12(18-14)13(15)16/h3-4,10,13H,2,5-8H2,1H3. The van der Waals surface area contributed by atoms with Crippen LogP contribution >= 0.6 is 0 Å². The molecule has 0 radical (unpaired) electrons. The monoisotopic (exact) mass is 265 g/mol. The SMILES string of the molecule is CCC1CCN(c2nc(C(F)F)ccc2C#N)CC1. The largest absolute Gasteiger partial charge is 0.355 e. The van der Waals surface area contributed by atoms with Crippen LogP contribution in [-0.2, 0) is 0 Å². The molecule has 1 aliphatic rings. The Morgan fingerprint density at radius 2 is 2.11 bits per heavy atom. The van der Waals surface area contributed by atoms with E-state index in [2.05, 4.69) is 11.9 Å². The molecule has 0 saturated carbocycles. The summed E-state index contributed by atoms with van der Waals surface area (Å²) in [5, 5.41) is 9.07. The van der Waals surface area contributed by atoms with E-state index in [1.54, 1.807) is 0 Å². The second-order valence-electron chi connectivity index (χ2n) is 4.86. The predicted molar refractivity (Wildman–Crippen MR) is 69.1 cm³/mol. The molecule has 19 heavy (non-hydrogen) atoms. The molecular formula is C14H17F2N3. The van der Waals surface area contributed by atoms with Gasteiger partial charge in [0.1, 0.15) is 17.6 Å². The normalized spacial score (nSPS) is 16.7. The third-order valence-electron chi connectivity index (χ3n) is 3.73. The fraction of sp³-hybridized carbons (Fsp3) is 0.571. The Bertz CT molecular complexity index is 474. The molecule has 2 heterocycles. The summed E-state index contributed by atoms with van der Waals surface area (Å²) in [6.45, 7) is 3.73. The van der Waals surface area contributed by atoms with Crippen molar-refractivity contribution in [1.82, 2.24) is 4.98 Å². The highest BCUT2D eigenvalue weighted by Gasteiger charge is 2.22. The first kappa shape index (κ1) is 13.7. The molecule has 102 valence electrons. The van der Waals surface area contributed by atoms with Crippen molar-refractivity contribution in [1.29, 1.82) is 5.26 Å². The van der Waals surface area contributed by atoms with Crippen LogP contribution in [0.25, 0.3) is 0 Å². The minimum absolute atomic E-state index is 0.258. The first-order valence-electron chi connectivity index (χ1n) is 6.59. The summed E-state index contributed by atoms with van der Waals surface area (Å²) in [5.41, 5.74) is 0.117. The summed E-state index contributed by atoms with van der Waals surface area (Å²) in [6.07, 6.45) is 0.604. The van der Waals surface area contributed by atoms with Crippen LogP contribution in [0.4, 0.5) is 14.6 Å². The highest BCUT2D eigenvalue weighted by Crippen LogP contribution is 2.28. The van der Waals surface area contributed by atoms with Gasteiger partial charge in [0.25, 0.3) is 6.43 Å². The summed E-state index contributed by atoms with van der Waals surface area (Å²) in [7, 11) is 0. The maximum absolute atomic E-state index is 12.7. The van der Waals surface area contributed by atoms with Crippen molar-refractivity contribution in [3.63, 3.8) is 0 Å². The van der Waals surface area contributed by atoms with Crippen LogP contribution in [0.15, 0.2) is 12.1 Å². The maximum atomic E-state index is 12.7. The lowest BCUT2D eigenvalue weighted by molar-refractivity contribution is 0.146. The van der Waals surface area contributed by atoms with Gasteiger partial charge in [-0.2, -0.15) is 5.26 Å². The van der Waals surface area contributed by atoms with E-state index in [1.165, 1.54) is 12.1 Å². The molecule has 0 atom stereocenters. The molecular weight excluding hydrogens is 248 g/mol. The number of anilines is 1. The number of hydrogen-bond donors (Lipinski definition) is 0. The van der Waals surface area contributed by atoms with E-state index in [-0.39, 0.29) is 5.69 Å². The molecule has 0 N–H and O–H groups in total. The zero-order valence-electron chi connectivity index (χ0n) is 10.9. The van der Waals surface area contributed by atoms with Crippen molar-refractivity contribution in [2.24, 2.45) is 5.92 Å². The maximum Gasteiger partial charge on any atom is 0.280 e. The summed E-state index contributed by atoms with van der Waals surface area (Å²) in [5.74, 6) is 1.11. The smallest absolute Gasteiger partial charge is 0.280 e. The van der Waals surface area contributed by atoms with Gasteiger partial charge in [-0.15, -0.1) is 0 Å². The second kappa shape index (κ2) is 5.96. The second-order valence-corrected chi connectivity index (χ2v) is 4.86. The molecule has 1 saturated heterocycles. The van der Waals surface area contributed by atoms with Gasteiger partial charge in [0, 0.05) is 13.1 Å². The summed E-state index contributed by atoms with van der Waals surface area (Å²) in [4.78, 5) is 5.93. The Morgan fingerprint density at radius 3 is 2.63 bits per heavy atom. The highest BCUT2D eigenvalue weighted by atomic mass is 19.3. The van der Waals surface area contributed by atoms with Crippen molar-refractivity contribution < 1.29 is 8.78 Å². The molecule has 0 aromatic carbocycles. The first-order valence-corrected chi connectivity index (χ1v) is 6.59. The van der Waals surface area contributed by atoms with Crippen molar-refractivity contribution in [3.8, 4) is 6.07 Å². The van der Waals surface area contributed by atoms with E-state index in [4.69, 9.17) is 5.26 Å². The Morgan fingerprint density at radius 1 is 1.42 bits per heavy atom. The fourth-order valence-corrected chi connectivity index (χ4v) is 2.47. The van der Waals surface area contributed by atoms with Gasteiger partial charge in [0.2, 0.25) is 0 Å². The van der Waals surface area contributed by atoms with Crippen LogP contribution in [0.3, 0.4) is 0 Å². The molecule has 3 nitrogen and oxygen atoms in total. The third kappa shape index (κ3) is 3.01. The average molecular weight is 265 g/mol. The molecule has 0 spiro atoms. The lowest BCUT2D eigenvalue weighted by atomic mass is 9.94. The molecule has 5 heteroatoms. The van der Waals surface area contributed by atoms with E-state index < -0.39 is 6.43 Å². The lowest BCUT2D eigenvalue weighted by Gasteiger charge is -2.33. The van der Waals surface area contributed by atoms with Gasteiger partial charge in [0.05, 0.1) is 5.56 Å². The number of pyridine rings is 1. The summed E-state index contributed by atoms with van der Waals surface area (Å²) < 4.78 is 25.4. The van der Waals surface area contributed by atoms with Gasteiger partial charge in [-0.05, 0) is 30.9 Å². The van der Waals surface area contributed by atoms with Crippen molar-refractivity contribution in [2.45, 2.75) is 32.6 Å². The van der Waals surface area contributed by atoms with Crippen LogP contribution in [-0.4, -0.2) is 18.1 Å². The molecule has 0 amide bonds. The fourth-order valence-electron chi connectivity index (χ4n) is 2.47. The zero-order valence-corrected chi connectivity index (χ0v) is 10.9. The van der Waals surface area contributed by atoms with Gasteiger partial charge >= 0.3 is 0 Å². The predicted octanol–water partition coefficient (Wildman–Crippen LogP) is 3.52. The number of halogens is 2. The van der Waals surface area contributed by atoms with Crippen LogP contribution in [0, 0.1) is 17.2 Å². The third-order valence-corrected chi connectivity index (χ3v) is 3.73. The Labute approximate surface area is 111 Å². The van der Waals surface area contributed by atoms with Gasteiger partial charge < -0.3 is 4.90 Å². The molecule has 1 aromatic heterocycles. The molecule has 0 bridgehead atoms. The van der Waals surface area contributed by atoms with Gasteiger partial charge in [-0.1, -0.05) is 13.3 Å². The van der Waals surface area contributed by atoms with E-state index in [0.29, 0.717) is 17.3 Å². The van der Waals surface area contributed by atoms with Crippen molar-refractivity contribution in [3.05, 3.63) is 23.4 Å². The molecule has 0 unspecified atom stereocenters. The van der Waals surface area contributed by atoms with Crippen LogP contribution in [0.1, 0.15) is 43.9 Å². The first-order chi connectivity index (χ1) is 9.15. The number of hydrogen-bond acceptors (Lipinski definition) is 3. The number of aromatic nitrogens is 1. The topological polar surface area (TPSA) is 39.9 Å². The number of piperidine rings is 1. The molecule has 1 aromatic rings. The zero-order chi connectivity index (χ0) is 13.8. The van der Waals surface area contributed by atoms with Gasteiger partial charge in [-0.25, -0.2) is 13.8 Å². The summed E-state index contributed by atoms with van der Waals surface area (Å²) in [6, 6.07) is 4.70. The minimum atomic E-state index is -2.60. The van der Waals surface area contributed by atoms with Crippen molar-refractivity contribution in [2.75, 3.05) is 18.0 Å². The van der Waals surface area contributed by atoms with Crippen LogP contribution in [0.5, 0.6) is 0 Å². The number of nitriles is 1. The average Bonchev–Trinajstić information content (AvgIpc) is 2.46. The Hall–Kier alpha value is -1.70. The molecule has 1 fully saturated rings. The number of rotatable bonds is 3. The number of alkyl halides is 2. The van der Waals surface area contributed by atoms with Gasteiger partial charge in [0.15, 0.2) is 0 Å². The van der Waals surface area contributed by atoms with E-state index in [9.17, 15) is 8.78 Å².